The van der Waals surface area contributed by atoms with Crippen LogP contribution in [0.3, 0.4) is 0 Å². The molecular weight excluding hydrogens is 320 g/mol. The van der Waals surface area contributed by atoms with Crippen molar-refractivity contribution in [3.8, 4) is 0 Å². The largest absolute Gasteiger partial charge is 0.459 e. The fourth-order valence-electron chi connectivity index (χ4n) is 2.32. The molecule has 3 N–H and O–H groups in total. The normalized spacial score (nSPS) is 14.4. The molecule has 140 valence electrons. The van der Waals surface area contributed by atoms with E-state index < -0.39 is 0 Å². The molecule has 2 rings (SSSR count). The van der Waals surface area contributed by atoms with Crippen LogP contribution in [0, 0.1) is 12.8 Å². The maximum absolute atomic E-state index is 11.9. The molecule has 0 unspecified atom stereocenters. The van der Waals surface area contributed by atoms with Gasteiger partial charge in [-0.15, -0.1) is 0 Å². The molecule has 0 radical (unpaired) electrons. The molecule has 7 nitrogen and oxygen atoms in total. The number of nitrogens with zero attached hydrogens (tertiary/aromatic N) is 1. The van der Waals surface area contributed by atoms with Crippen LogP contribution in [0.15, 0.2) is 21.7 Å². The Morgan fingerprint density at radius 2 is 1.96 bits per heavy atom. The summed E-state index contributed by atoms with van der Waals surface area (Å²) in [7, 11) is 1.75. The summed E-state index contributed by atoms with van der Waals surface area (Å²) in [6.45, 7) is 5.70. The standard InChI is InChI=1S/C18H30N4O3/c1-14-7-12-25-16(14)17(23)20-8-3-9-21-18(19-2)22-10-4-11-24-13-15-5-6-15/h7,12,15H,3-6,8-11,13H2,1-2H3,(H,20,23)(H2,19,21,22). The Morgan fingerprint density at radius 1 is 1.24 bits per heavy atom. The van der Waals surface area contributed by atoms with E-state index in [0.717, 1.165) is 56.6 Å². The first-order valence-electron chi connectivity index (χ1n) is 9.05. The van der Waals surface area contributed by atoms with E-state index in [-0.39, 0.29) is 5.91 Å². The first-order chi connectivity index (χ1) is 12.2. The molecule has 1 aliphatic rings. The topological polar surface area (TPSA) is 87.9 Å². The fourth-order valence-corrected chi connectivity index (χ4v) is 2.32. The summed E-state index contributed by atoms with van der Waals surface area (Å²) in [5.74, 6) is 1.81. The van der Waals surface area contributed by atoms with Crippen molar-refractivity contribution in [2.24, 2.45) is 10.9 Å². The van der Waals surface area contributed by atoms with Crippen LogP contribution >= 0.6 is 0 Å². The van der Waals surface area contributed by atoms with Gasteiger partial charge in [0.1, 0.15) is 0 Å². The number of aliphatic imine (C=N–C) groups is 1. The third-order valence-electron chi connectivity index (χ3n) is 4.03. The lowest BCUT2D eigenvalue weighted by Crippen LogP contribution is -2.39. The minimum absolute atomic E-state index is 0.170. The quantitative estimate of drug-likeness (QED) is 0.321. The number of carbonyl (C=O) groups is 1. The van der Waals surface area contributed by atoms with Gasteiger partial charge < -0.3 is 25.1 Å². The van der Waals surface area contributed by atoms with Gasteiger partial charge in [-0.2, -0.15) is 0 Å². The van der Waals surface area contributed by atoms with E-state index in [4.69, 9.17) is 9.15 Å². The molecule has 1 heterocycles. The Bertz CT molecular complexity index is 552. The second kappa shape index (κ2) is 10.8. The van der Waals surface area contributed by atoms with Crippen LogP contribution in [-0.2, 0) is 4.74 Å². The summed E-state index contributed by atoms with van der Waals surface area (Å²) in [6, 6.07) is 1.78. The lowest BCUT2D eigenvalue weighted by atomic mass is 10.2. The average molecular weight is 350 g/mol. The van der Waals surface area contributed by atoms with Crippen LogP contribution in [0.5, 0.6) is 0 Å². The second-order valence-electron chi connectivity index (χ2n) is 6.34. The molecule has 1 aliphatic carbocycles. The SMILES string of the molecule is CN=C(NCCCNC(=O)c1occc1C)NCCCOCC1CC1. The van der Waals surface area contributed by atoms with Crippen molar-refractivity contribution in [1.82, 2.24) is 16.0 Å². The number of carbonyl (C=O) groups excluding carboxylic acids is 1. The van der Waals surface area contributed by atoms with Gasteiger partial charge in [-0.25, -0.2) is 0 Å². The molecule has 0 atom stereocenters. The van der Waals surface area contributed by atoms with Gasteiger partial charge in [-0.05, 0) is 44.6 Å². The molecule has 0 bridgehead atoms. The monoisotopic (exact) mass is 350 g/mol. The third kappa shape index (κ3) is 7.60. The zero-order valence-electron chi connectivity index (χ0n) is 15.3. The van der Waals surface area contributed by atoms with Crippen LogP contribution in [0.1, 0.15) is 41.8 Å². The van der Waals surface area contributed by atoms with Crippen LogP contribution in [0.4, 0.5) is 0 Å². The number of amides is 1. The Kier molecular flexibility index (Phi) is 8.31. The highest BCUT2D eigenvalue weighted by Crippen LogP contribution is 2.28. The van der Waals surface area contributed by atoms with E-state index in [1.165, 1.54) is 19.1 Å². The van der Waals surface area contributed by atoms with Crippen LogP contribution < -0.4 is 16.0 Å². The molecule has 0 saturated heterocycles. The van der Waals surface area contributed by atoms with E-state index >= 15 is 0 Å². The lowest BCUT2D eigenvalue weighted by Gasteiger charge is -2.12. The first kappa shape index (κ1) is 19.3. The molecule has 1 aromatic rings. The van der Waals surface area contributed by atoms with Crippen molar-refractivity contribution < 1.29 is 13.9 Å². The Labute approximate surface area is 149 Å². The van der Waals surface area contributed by atoms with Crippen LogP contribution in [-0.4, -0.2) is 51.8 Å². The fraction of sp³-hybridized carbons (Fsp3) is 0.667. The van der Waals surface area contributed by atoms with Gasteiger partial charge in [0.05, 0.1) is 6.26 Å². The molecule has 0 spiro atoms. The van der Waals surface area contributed by atoms with E-state index in [1.807, 2.05) is 6.92 Å². The minimum Gasteiger partial charge on any atom is -0.459 e. The number of guanidine groups is 1. The number of aryl methyl sites for hydroxylation is 1. The molecule has 1 saturated carbocycles. The number of nitrogens with one attached hydrogen (secondary N) is 3. The minimum atomic E-state index is -0.170. The molecule has 0 aromatic carbocycles. The maximum atomic E-state index is 11.9. The molecule has 1 aromatic heterocycles. The number of hydrogen-bond donors (Lipinski definition) is 3. The summed E-state index contributed by atoms with van der Waals surface area (Å²) < 4.78 is 10.8. The molecule has 7 heteroatoms. The molecule has 1 fully saturated rings. The number of rotatable bonds is 11. The van der Waals surface area contributed by atoms with Crippen molar-refractivity contribution in [2.45, 2.75) is 32.6 Å². The molecular formula is C18H30N4O3. The highest BCUT2D eigenvalue weighted by Gasteiger charge is 2.20. The highest BCUT2D eigenvalue weighted by molar-refractivity contribution is 5.92. The van der Waals surface area contributed by atoms with Gasteiger partial charge in [0.2, 0.25) is 0 Å². The zero-order valence-corrected chi connectivity index (χ0v) is 15.3. The van der Waals surface area contributed by atoms with Gasteiger partial charge >= 0.3 is 0 Å². The maximum Gasteiger partial charge on any atom is 0.287 e. The molecule has 0 aliphatic heterocycles. The zero-order chi connectivity index (χ0) is 17.9. The summed E-state index contributed by atoms with van der Waals surface area (Å²) in [4.78, 5) is 16.1. The summed E-state index contributed by atoms with van der Waals surface area (Å²) in [6.07, 6.45) is 5.95. The van der Waals surface area contributed by atoms with Crippen molar-refractivity contribution in [3.63, 3.8) is 0 Å². The number of furan rings is 1. The smallest absolute Gasteiger partial charge is 0.287 e. The van der Waals surface area contributed by atoms with E-state index in [1.54, 1.807) is 13.1 Å². The van der Waals surface area contributed by atoms with Crippen molar-refractivity contribution in [3.05, 3.63) is 23.7 Å². The van der Waals surface area contributed by atoms with Gasteiger partial charge in [0.15, 0.2) is 11.7 Å². The van der Waals surface area contributed by atoms with Crippen molar-refractivity contribution >= 4 is 11.9 Å². The Balaban J connectivity index is 1.46. The van der Waals surface area contributed by atoms with Gasteiger partial charge in [-0.1, -0.05) is 0 Å². The van der Waals surface area contributed by atoms with E-state index in [2.05, 4.69) is 20.9 Å². The Morgan fingerprint density at radius 3 is 2.60 bits per heavy atom. The molecule has 25 heavy (non-hydrogen) atoms. The summed E-state index contributed by atoms with van der Waals surface area (Å²) >= 11 is 0. The third-order valence-corrected chi connectivity index (χ3v) is 4.03. The molecule has 1 amide bonds. The van der Waals surface area contributed by atoms with Gasteiger partial charge in [0, 0.05) is 45.5 Å². The number of hydrogen-bond acceptors (Lipinski definition) is 4. The predicted molar refractivity (Wildman–Crippen MR) is 97.9 cm³/mol. The van der Waals surface area contributed by atoms with E-state index in [9.17, 15) is 4.79 Å². The highest BCUT2D eigenvalue weighted by atomic mass is 16.5. The number of ether oxygens (including phenoxy) is 1. The van der Waals surface area contributed by atoms with Crippen molar-refractivity contribution in [2.75, 3.05) is 39.9 Å². The average Bonchev–Trinajstić information content (AvgIpc) is 3.34. The van der Waals surface area contributed by atoms with E-state index in [0.29, 0.717) is 12.3 Å². The van der Waals surface area contributed by atoms with Crippen molar-refractivity contribution in [1.29, 1.82) is 0 Å². The Hall–Kier alpha value is -2.02. The van der Waals surface area contributed by atoms with Gasteiger partial charge in [-0.3, -0.25) is 9.79 Å². The lowest BCUT2D eigenvalue weighted by molar-refractivity contribution is 0.0925. The summed E-state index contributed by atoms with van der Waals surface area (Å²) in [5.41, 5.74) is 0.848. The van der Waals surface area contributed by atoms with Gasteiger partial charge in [0.25, 0.3) is 5.91 Å². The van der Waals surface area contributed by atoms with Crippen LogP contribution in [0.2, 0.25) is 0 Å². The van der Waals surface area contributed by atoms with Crippen LogP contribution in [0.25, 0.3) is 0 Å². The predicted octanol–water partition coefficient (Wildman–Crippen LogP) is 1.69. The summed E-state index contributed by atoms with van der Waals surface area (Å²) in [5, 5.41) is 9.34. The second-order valence-corrected chi connectivity index (χ2v) is 6.34. The first-order valence-corrected chi connectivity index (χ1v) is 9.05.